The van der Waals surface area contributed by atoms with Crippen molar-refractivity contribution in [2.24, 2.45) is 5.73 Å². The molecule has 1 heterocycles. The van der Waals surface area contributed by atoms with Crippen molar-refractivity contribution in [3.05, 3.63) is 28.8 Å². The number of rotatable bonds is 3. The number of hydrogen-bond acceptors (Lipinski definition) is 3. The van der Waals surface area contributed by atoms with E-state index in [0.717, 1.165) is 37.2 Å². The molecule has 1 aromatic rings. The van der Waals surface area contributed by atoms with Gasteiger partial charge in [-0.05, 0) is 31.0 Å². The van der Waals surface area contributed by atoms with Crippen LogP contribution in [0, 0.1) is 5.41 Å². The first-order chi connectivity index (χ1) is 8.61. The lowest BCUT2D eigenvalue weighted by Gasteiger charge is -2.34. The van der Waals surface area contributed by atoms with E-state index in [1.807, 2.05) is 6.07 Å². The maximum atomic E-state index is 7.64. The van der Waals surface area contributed by atoms with Crippen LogP contribution in [0.3, 0.4) is 0 Å². The maximum absolute atomic E-state index is 7.64. The Balaban J connectivity index is 2.31. The first-order valence-electron chi connectivity index (χ1n) is 6.03. The van der Waals surface area contributed by atoms with E-state index in [-0.39, 0.29) is 11.9 Å². The number of nitrogens with zero attached hydrogens (tertiary/aromatic N) is 1. The van der Waals surface area contributed by atoms with Gasteiger partial charge in [-0.3, -0.25) is 5.41 Å². The smallest absolute Gasteiger partial charge is 0.124 e. The summed E-state index contributed by atoms with van der Waals surface area (Å²) in [6, 6.07) is 5.44. The van der Waals surface area contributed by atoms with Crippen LogP contribution < -0.4 is 10.6 Å². The first-order valence-corrected chi connectivity index (χ1v) is 6.41. The zero-order valence-corrected chi connectivity index (χ0v) is 11.2. The molecule has 1 fully saturated rings. The average Bonchev–Trinajstić information content (AvgIpc) is 2.38. The molecule has 0 aromatic heterocycles. The van der Waals surface area contributed by atoms with Crippen molar-refractivity contribution in [3.8, 4) is 0 Å². The minimum Gasteiger partial charge on any atom is -0.384 e. The lowest BCUT2D eigenvalue weighted by Crippen LogP contribution is -2.40. The van der Waals surface area contributed by atoms with Crippen LogP contribution in [-0.4, -0.2) is 32.1 Å². The van der Waals surface area contributed by atoms with Gasteiger partial charge >= 0.3 is 0 Å². The molecule has 5 heteroatoms. The Morgan fingerprint density at radius 2 is 2.33 bits per heavy atom. The maximum Gasteiger partial charge on any atom is 0.124 e. The highest BCUT2D eigenvalue weighted by Gasteiger charge is 2.22. The number of hydrogen-bond donors (Lipinski definition) is 2. The summed E-state index contributed by atoms with van der Waals surface area (Å²) in [6.07, 6.45) is 2.38. The number of nitrogen functional groups attached to an aromatic ring is 1. The zero-order valence-electron chi connectivity index (χ0n) is 10.4. The number of ether oxygens (including phenoxy) is 1. The van der Waals surface area contributed by atoms with E-state index in [1.54, 1.807) is 19.2 Å². The van der Waals surface area contributed by atoms with E-state index < -0.39 is 0 Å². The third kappa shape index (κ3) is 2.76. The van der Waals surface area contributed by atoms with E-state index in [1.165, 1.54) is 0 Å². The third-order valence-corrected chi connectivity index (χ3v) is 3.54. The molecular weight excluding hydrogens is 250 g/mol. The summed E-state index contributed by atoms with van der Waals surface area (Å²) >= 11 is 6.04. The van der Waals surface area contributed by atoms with E-state index in [0.29, 0.717) is 5.02 Å². The summed E-state index contributed by atoms with van der Waals surface area (Å²) in [4.78, 5) is 2.19. The second kappa shape index (κ2) is 5.59. The highest BCUT2D eigenvalue weighted by molar-refractivity contribution is 6.31. The van der Waals surface area contributed by atoms with Gasteiger partial charge in [0.1, 0.15) is 5.84 Å². The van der Waals surface area contributed by atoms with Gasteiger partial charge in [0.15, 0.2) is 0 Å². The third-order valence-electron chi connectivity index (χ3n) is 3.30. The van der Waals surface area contributed by atoms with Gasteiger partial charge in [-0.25, -0.2) is 0 Å². The van der Waals surface area contributed by atoms with E-state index in [4.69, 9.17) is 27.5 Å². The predicted molar refractivity (Wildman–Crippen MR) is 74.7 cm³/mol. The Hall–Kier alpha value is -1.26. The molecule has 1 aliphatic rings. The molecule has 1 saturated heterocycles. The van der Waals surface area contributed by atoms with Crippen LogP contribution in [0.5, 0.6) is 0 Å². The van der Waals surface area contributed by atoms with Crippen LogP contribution in [-0.2, 0) is 4.74 Å². The summed E-state index contributed by atoms with van der Waals surface area (Å²) in [5.74, 6) is 0.0706. The molecule has 0 saturated carbocycles. The molecule has 98 valence electrons. The molecule has 18 heavy (non-hydrogen) atoms. The molecule has 0 amide bonds. The Bertz CT molecular complexity index is 450. The summed E-state index contributed by atoms with van der Waals surface area (Å²) in [5, 5.41) is 8.30. The molecule has 4 nitrogen and oxygen atoms in total. The molecular formula is C13H18ClN3O. The molecule has 0 spiro atoms. The number of halogens is 1. The molecule has 0 radical (unpaired) electrons. The molecule has 3 N–H and O–H groups in total. The van der Waals surface area contributed by atoms with Crippen LogP contribution in [0.4, 0.5) is 5.69 Å². The molecule has 2 rings (SSSR count). The molecule has 1 unspecified atom stereocenters. The lowest BCUT2D eigenvalue weighted by atomic mass is 10.0. The average molecular weight is 268 g/mol. The molecule has 0 aliphatic carbocycles. The zero-order chi connectivity index (χ0) is 13.1. The Morgan fingerprint density at radius 3 is 3.00 bits per heavy atom. The van der Waals surface area contributed by atoms with Crippen LogP contribution in [0.2, 0.25) is 5.02 Å². The quantitative estimate of drug-likeness (QED) is 0.652. The molecule has 0 bridgehead atoms. The van der Waals surface area contributed by atoms with Gasteiger partial charge in [0.05, 0.1) is 6.10 Å². The molecule has 1 aliphatic heterocycles. The monoisotopic (exact) mass is 267 g/mol. The van der Waals surface area contributed by atoms with Gasteiger partial charge in [0, 0.05) is 36.5 Å². The number of methoxy groups -OCH3 is 1. The molecule has 1 atom stereocenters. The Morgan fingerprint density at radius 1 is 1.56 bits per heavy atom. The number of nitrogens with one attached hydrogen (secondary N) is 1. The van der Waals surface area contributed by atoms with Crippen molar-refractivity contribution >= 4 is 23.1 Å². The number of benzene rings is 1. The van der Waals surface area contributed by atoms with Crippen LogP contribution in [0.25, 0.3) is 0 Å². The second-order valence-electron chi connectivity index (χ2n) is 4.52. The fourth-order valence-electron chi connectivity index (χ4n) is 2.34. The standard InChI is InChI=1S/C13H18ClN3O/c1-18-10-3-2-6-17(8-10)12-7-9(14)4-5-11(12)13(15)16/h4-5,7,10H,2-3,6,8H2,1H3,(H3,15,16). The number of nitrogens with two attached hydrogens (primary N) is 1. The predicted octanol–water partition coefficient (Wildman–Crippen LogP) is 2.24. The van der Waals surface area contributed by atoms with E-state index in [9.17, 15) is 0 Å². The SMILES string of the molecule is COC1CCCN(c2cc(Cl)ccc2C(=N)N)C1. The van der Waals surface area contributed by atoms with Gasteiger partial charge in [0.2, 0.25) is 0 Å². The van der Waals surface area contributed by atoms with E-state index >= 15 is 0 Å². The Labute approximate surface area is 112 Å². The number of amidine groups is 1. The fourth-order valence-corrected chi connectivity index (χ4v) is 2.51. The fraction of sp³-hybridized carbons (Fsp3) is 0.462. The van der Waals surface area contributed by atoms with Gasteiger partial charge < -0.3 is 15.4 Å². The van der Waals surface area contributed by atoms with Gasteiger partial charge in [-0.1, -0.05) is 11.6 Å². The second-order valence-corrected chi connectivity index (χ2v) is 4.96. The molecule has 1 aromatic carbocycles. The first kappa shape index (κ1) is 13.2. The summed E-state index contributed by atoms with van der Waals surface area (Å²) in [7, 11) is 1.73. The minimum atomic E-state index is 0.0706. The van der Waals surface area contributed by atoms with Crippen LogP contribution in [0.1, 0.15) is 18.4 Å². The van der Waals surface area contributed by atoms with E-state index in [2.05, 4.69) is 4.90 Å². The van der Waals surface area contributed by atoms with Crippen molar-refractivity contribution in [1.29, 1.82) is 5.41 Å². The van der Waals surface area contributed by atoms with Crippen molar-refractivity contribution in [2.45, 2.75) is 18.9 Å². The van der Waals surface area contributed by atoms with Crippen molar-refractivity contribution < 1.29 is 4.74 Å². The van der Waals surface area contributed by atoms with Gasteiger partial charge in [0.25, 0.3) is 0 Å². The summed E-state index contributed by atoms with van der Waals surface area (Å²) in [6.45, 7) is 1.76. The normalized spacial score (nSPS) is 19.9. The topological polar surface area (TPSA) is 62.3 Å². The highest BCUT2D eigenvalue weighted by atomic mass is 35.5. The summed E-state index contributed by atoms with van der Waals surface area (Å²) < 4.78 is 5.41. The summed E-state index contributed by atoms with van der Waals surface area (Å²) in [5.41, 5.74) is 7.28. The van der Waals surface area contributed by atoms with Gasteiger partial charge in [-0.2, -0.15) is 0 Å². The van der Waals surface area contributed by atoms with Crippen LogP contribution >= 0.6 is 11.6 Å². The van der Waals surface area contributed by atoms with Crippen LogP contribution in [0.15, 0.2) is 18.2 Å². The minimum absolute atomic E-state index is 0.0706. The van der Waals surface area contributed by atoms with Crippen molar-refractivity contribution in [3.63, 3.8) is 0 Å². The lowest BCUT2D eigenvalue weighted by molar-refractivity contribution is 0.0893. The largest absolute Gasteiger partial charge is 0.384 e. The van der Waals surface area contributed by atoms with Crippen molar-refractivity contribution in [2.75, 3.05) is 25.1 Å². The highest BCUT2D eigenvalue weighted by Crippen LogP contribution is 2.27. The van der Waals surface area contributed by atoms with Gasteiger partial charge in [-0.15, -0.1) is 0 Å². The number of piperidine rings is 1. The van der Waals surface area contributed by atoms with Crippen molar-refractivity contribution in [1.82, 2.24) is 0 Å². The number of anilines is 1. The Kier molecular flexibility index (Phi) is 4.09.